The van der Waals surface area contributed by atoms with Gasteiger partial charge in [-0.2, -0.15) is 0 Å². The van der Waals surface area contributed by atoms with Crippen molar-refractivity contribution in [2.45, 2.75) is 19.6 Å². The van der Waals surface area contributed by atoms with E-state index in [4.69, 9.17) is 9.47 Å². The van der Waals surface area contributed by atoms with Gasteiger partial charge in [0.25, 0.3) is 0 Å². The maximum Gasteiger partial charge on any atom is 0.123 e. The van der Waals surface area contributed by atoms with Gasteiger partial charge in [0.15, 0.2) is 0 Å². The molecule has 25 heavy (non-hydrogen) atoms. The van der Waals surface area contributed by atoms with Crippen molar-refractivity contribution < 1.29 is 9.47 Å². The van der Waals surface area contributed by atoms with Gasteiger partial charge in [0.05, 0.1) is 0 Å². The molecule has 0 aliphatic rings. The topological polar surface area (TPSA) is 18.5 Å². The number of halogens is 1. The molecule has 0 spiro atoms. The van der Waals surface area contributed by atoms with Crippen LogP contribution in [0.3, 0.4) is 0 Å². The predicted molar refractivity (Wildman–Crippen MR) is 105 cm³/mol. The average Bonchev–Trinajstić information content (AvgIpc) is 2.67. The third kappa shape index (κ3) is 5.64. The number of rotatable bonds is 8. The van der Waals surface area contributed by atoms with Crippen LogP contribution >= 0.6 is 15.9 Å². The van der Waals surface area contributed by atoms with E-state index in [1.54, 1.807) is 0 Å². The molecule has 3 aromatic carbocycles. The third-order valence-electron chi connectivity index (χ3n) is 3.82. The highest BCUT2D eigenvalue weighted by atomic mass is 79.9. The molecule has 0 fully saturated rings. The first kappa shape index (κ1) is 17.6. The Morgan fingerprint density at radius 1 is 0.600 bits per heavy atom. The summed E-state index contributed by atoms with van der Waals surface area (Å²) >= 11 is 3.50. The number of aryl methyl sites for hydroxylation is 1. The van der Waals surface area contributed by atoms with Crippen LogP contribution in [-0.2, 0) is 19.6 Å². The summed E-state index contributed by atoms with van der Waals surface area (Å²) in [7, 11) is 0. The fraction of sp³-hybridized carbons (Fsp3) is 0.182. The van der Waals surface area contributed by atoms with E-state index < -0.39 is 0 Å². The van der Waals surface area contributed by atoms with Gasteiger partial charge >= 0.3 is 0 Å². The minimum atomic E-state index is 0.552. The molecule has 0 heterocycles. The smallest absolute Gasteiger partial charge is 0.123 e. The number of hydrogen-bond acceptors (Lipinski definition) is 2. The van der Waals surface area contributed by atoms with Crippen LogP contribution in [0.5, 0.6) is 11.5 Å². The van der Waals surface area contributed by atoms with Crippen LogP contribution in [0.1, 0.15) is 16.7 Å². The molecule has 128 valence electrons. The molecule has 0 saturated heterocycles. The fourth-order valence-corrected chi connectivity index (χ4v) is 2.99. The van der Waals surface area contributed by atoms with Gasteiger partial charge in [0.1, 0.15) is 24.7 Å². The van der Waals surface area contributed by atoms with Crippen molar-refractivity contribution in [3.05, 3.63) is 95.6 Å². The summed E-state index contributed by atoms with van der Waals surface area (Å²) in [4.78, 5) is 0. The standard InChI is InChI=1S/C22H21BrO2/c23-12-11-20-13-21(24-16-18-7-3-1-4-8-18)15-22(14-20)25-17-19-9-5-2-6-10-19/h1-10,13-15H,11-12,16-17H2. The van der Waals surface area contributed by atoms with Crippen LogP contribution in [0, 0.1) is 0 Å². The molecule has 0 aliphatic heterocycles. The highest BCUT2D eigenvalue weighted by molar-refractivity contribution is 9.09. The van der Waals surface area contributed by atoms with Crippen LogP contribution in [0.2, 0.25) is 0 Å². The summed E-state index contributed by atoms with van der Waals surface area (Å²) in [5, 5.41) is 0.910. The van der Waals surface area contributed by atoms with Crippen LogP contribution < -0.4 is 9.47 Å². The predicted octanol–water partition coefficient (Wildman–Crippen LogP) is 5.78. The molecule has 0 aromatic heterocycles. The molecule has 0 radical (unpaired) electrons. The molecule has 2 nitrogen and oxygen atoms in total. The van der Waals surface area contributed by atoms with Gasteiger partial charge < -0.3 is 9.47 Å². The lowest BCUT2D eigenvalue weighted by Gasteiger charge is -2.12. The van der Waals surface area contributed by atoms with Crippen LogP contribution in [-0.4, -0.2) is 5.33 Å². The molecule has 0 amide bonds. The van der Waals surface area contributed by atoms with Crippen molar-refractivity contribution in [2.24, 2.45) is 0 Å². The summed E-state index contributed by atoms with van der Waals surface area (Å²) in [5.41, 5.74) is 3.51. The van der Waals surface area contributed by atoms with E-state index in [0.717, 1.165) is 34.4 Å². The van der Waals surface area contributed by atoms with E-state index in [-0.39, 0.29) is 0 Å². The van der Waals surface area contributed by atoms with Gasteiger partial charge in [-0.3, -0.25) is 0 Å². The second-order valence-electron chi connectivity index (χ2n) is 5.80. The molecule has 0 atom stereocenters. The van der Waals surface area contributed by atoms with E-state index in [0.29, 0.717) is 13.2 Å². The van der Waals surface area contributed by atoms with E-state index in [2.05, 4.69) is 52.3 Å². The van der Waals surface area contributed by atoms with Crippen LogP contribution in [0.25, 0.3) is 0 Å². The Morgan fingerprint density at radius 2 is 1.08 bits per heavy atom. The lowest BCUT2D eigenvalue weighted by molar-refractivity contribution is 0.289. The van der Waals surface area contributed by atoms with Crippen molar-refractivity contribution in [1.29, 1.82) is 0 Å². The first-order valence-corrected chi connectivity index (χ1v) is 9.49. The van der Waals surface area contributed by atoms with Crippen molar-refractivity contribution >= 4 is 15.9 Å². The number of hydrogen-bond donors (Lipinski definition) is 0. The SMILES string of the molecule is BrCCc1cc(OCc2ccccc2)cc(OCc2ccccc2)c1. The average molecular weight is 397 g/mol. The molecule has 0 saturated carbocycles. The maximum absolute atomic E-state index is 5.98. The van der Waals surface area contributed by atoms with Crippen molar-refractivity contribution in [3.8, 4) is 11.5 Å². The van der Waals surface area contributed by atoms with Crippen molar-refractivity contribution in [1.82, 2.24) is 0 Å². The molecule has 3 heteroatoms. The summed E-state index contributed by atoms with van der Waals surface area (Å²) < 4.78 is 12.0. The Labute approximate surface area is 157 Å². The zero-order chi connectivity index (χ0) is 17.3. The molecule has 3 rings (SSSR count). The van der Waals surface area contributed by atoms with E-state index in [1.807, 2.05) is 42.5 Å². The highest BCUT2D eigenvalue weighted by Crippen LogP contribution is 2.25. The molecule has 0 bridgehead atoms. The zero-order valence-electron chi connectivity index (χ0n) is 14.0. The monoisotopic (exact) mass is 396 g/mol. The van der Waals surface area contributed by atoms with E-state index >= 15 is 0 Å². The molecular weight excluding hydrogens is 376 g/mol. The van der Waals surface area contributed by atoms with Gasteiger partial charge in [-0.15, -0.1) is 0 Å². The second-order valence-corrected chi connectivity index (χ2v) is 6.59. The molecular formula is C22H21BrO2. The molecule has 0 aliphatic carbocycles. The van der Waals surface area contributed by atoms with E-state index in [1.165, 1.54) is 5.56 Å². The van der Waals surface area contributed by atoms with Gasteiger partial charge in [0, 0.05) is 11.4 Å². The maximum atomic E-state index is 5.98. The first-order chi connectivity index (χ1) is 12.3. The van der Waals surface area contributed by atoms with Crippen molar-refractivity contribution in [2.75, 3.05) is 5.33 Å². The molecule has 0 N–H and O–H groups in total. The Kier molecular flexibility index (Phi) is 6.52. The van der Waals surface area contributed by atoms with Gasteiger partial charge in [-0.25, -0.2) is 0 Å². The van der Waals surface area contributed by atoms with Crippen LogP contribution in [0.4, 0.5) is 0 Å². The van der Waals surface area contributed by atoms with Gasteiger partial charge in [-0.1, -0.05) is 76.6 Å². The Bertz CT molecular complexity index is 711. The van der Waals surface area contributed by atoms with Gasteiger partial charge in [0.2, 0.25) is 0 Å². The molecule has 3 aromatic rings. The number of alkyl halides is 1. The fourth-order valence-electron chi connectivity index (χ4n) is 2.53. The van der Waals surface area contributed by atoms with Gasteiger partial charge in [-0.05, 0) is 35.2 Å². The molecule has 0 unspecified atom stereocenters. The van der Waals surface area contributed by atoms with Crippen LogP contribution in [0.15, 0.2) is 78.9 Å². The number of benzene rings is 3. The summed E-state index contributed by atoms with van der Waals surface area (Å²) in [5.74, 6) is 1.68. The third-order valence-corrected chi connectivity index (χ3v) is 4.22. The Balaban J connectivity index is 1.70. The second kappa shape index (κ2) is 9.28. The summed E-state index contributed by atoms with van der Waals surface area (Å²) in [6.45, 7) is 1.10. The van der Waals surface area contributed by atoms with Crippen molar-refractivity contribution in [3.63, 3.8) is 0 Å². The minimum absolute atomic E-state index is 0.552. The largest absolute Gasteiger partial charge is 0.489 e. The normalized spacial score (nSPS) is 10.4. The summed E-state index contributed by atoms with van der Waals surface area (Å²) in [6.07, 6.45) is 0.935. The minimum Gasteiger partial charge on any atom is -0.489 e. The number of ether oxygens (including phenoxy) is 2. The Morgan fingerprint density at radius 3 is 1.52 bits per heavy atom. The zero-order valence-corrected chi connectivity index (χ0v) is 15.6. The summed E-state index contributed by atoms with van der Waals surface area (Å²) in [6, 6.07) is 26.5. The lowest BCUT2D eigenvalue weighted by Crippen LogP contribution is -1.99. The Hall–Kier alpha value is -2.26. The van der Waals surface area contributed by atoms with E-state index in [9.17, 15) is 0 Å². The first-order valence-electron chi connectivity index (χ1n) is 8.37. The lowest BCUT2D eigenvalue weighted by atomic mass is 10.1. The highest BCUT2D eigenvalue weighted by Gasteiger charge is 2.05. The quantitative estimate of drug-likeness (QED) is 0.449.